The summed E-state index contributed by atoms with van der Waals surface area (Å²) >= 11 is 0. The van der Waals surface area contributed by atoms with Crippen molar-refractivity contribution in [1.82, 2.24) is 13.6 Å². The first kappa shape index (κ1) is 40.6. The van der Waals surface area contributed by atoms with Crippen molar-refractivity contribution in [3.63, 3.8) is 0 Å². The van der Waals surface area contributed by atoms with Crippen molar-refractivity contribution in [1.29, 1.82) is 0 Å². The number of anilines is 2. The normalized spacial score (nSPS) is 16.4. The number of halogens is 3. The van der Waals surface area contributed by atoms with Crippen molar-refractivity contribution in [2.45, 2.75) is 49.1 Å². The van der Waals surface area contributed by atoms with Gasteiger partial charge in [-0.1, -0.05) is 50.6 Å². The Morgan fingerprint density at radius 3 is 1.57 bits per heavy atom. The highest BCUT2D eigenvalue weighted by Crippen LogP contribution is 2.36. The molecule has 0 N–H and O–H groups in total. The number of hydrogen-bond acceptors (Lipinski definition) is 9. The van der Waals surface area contributed by atoms with Crippen LogP contribution in [0.2, 0.25) is 0 Å². The molecule has 2 fully saturated rings. The Morgan fingerprint density at radius 2 is 1.13 bits per heavy atom. The number of aromatic nitrogens is 1. The lowest BCUT2D eigenvalue weighted by atomic mass is 9.87. The zero-order valence-electron chi connectivity index (χ0n) is 30.4. The fraction of sp³-hybridized carbons (Fsp3) is 0.378. The maximum absolute atomic E-state index is 13.2. The molecule has 1 aromatic heterocycles. The molecule has 290 valence electrons. The summed E-state index contributed by atoms with van der Waals surface area (Å²) in [7, 11) is -7.19. The highest BCUT2D eigenvalue weighted by atomic mass is 32.2. The first-order chi connectivity index (χ1) is 25.3. The molecule has 3 heterocycles. The van der Waals surface area contributed by atoms with Gasteiger partial charge >= 0.3 is 6.18 Å². The molecule has 17 heteroatoms. The number of sulfonamides is 2. The van der Waals surface area contributed by atoms with Crippen molar-refractivity contribution in [2.75, 3.05) is 62.2 Å². The van der Waals surface area contributed by atoms with Gasteiger partial charge in [-0.2, -0.15) is 21.8 Å². The minimum absolute atomic E-state index is 0.0291. The van der Waals surface area contributed by atoms with Gasteiger partial charge in [0.15, 0.2) is 0 Å². The predicted molar refractivity (Wildman–Crippen MR) is 201 cm³/mol. The minimum Gasteiger partial charge on any atom is -0.369 e. The molecule has 54 heavy (non-hydrogen) atoms. The van der Waals surface area contributed by atoms with Gasteiger partial charge < -0.3 is 9.80 Å². The molecule has 0 amide bonds. The van der Waals surface area contributed by atoms with Crippen molar-refractivity contribution in [3.05, 3.63) is 118 Å². The molecule has 0 saturated carbocycles. The van der Waals surface area contributed by atoms with E-state index in [4.69, 9.17) is 0 Å². The Hall–Kier alpha value is -4.58. The summed E-state index contributed by atoms with van der Waals surface area (Å²) < 4.78 is 93.5. The van der Waals surface area contributed by atoms with Crippen molar-refractivity contribution < 1.29 is 34.9 Å². The smallest absolute Gasteiger partial charge is 0.369 e. The number of rotatable bonds is 7. The van der Waals surface area contributed by atoms with E-state index in [9.17, 15) is 40.1 Å². The number of nitro groups is 1. The molecule has 4 aromatic rings. The minimum atomic E-state index is -4.51. The van der Waals surface area contributed by atoms with Gasteiger partial charge in [0, 0.05) is 76.4 Å². The number of aryl methyl sites for hydroxylation is 1. The second-order valence-electron chi connectivity index (χ2n) is 14.0. The number of nitro benzene ring substituents is 1. The number of alkyl halides is 3. The topological polar surface area (TPSA) is 137 Å². The molecule has 3 aromatic carbocycles. The van der Waals surface area contributed by atoms with Crippen LogP contribution in [0, 0.1) is 17.0 Å². The lowest BCUT2D eigenvalue weighted by Crippen LogP contribution is -2.49. The first-order valence-electron chi connectivity index (χ1n) is 17.2. The van der Waals surface area contributed by atoms with E-state index in [0.717, 1.165) is 22.9 Å². The molecule has 12 nitrogen and oxygen atoms in total. The van der Waals surface area contributed by atoms with Crippen molar-refractivity contribution >= 4 is 37.2 Å². The fourth-order valence-corrected chi connectivity index (χ4v) is 8.96. The summed E-state index contributed by atoms with van der Waals surface area (Å²) in [6.45, 7) is 10.5. The van der Waals surface area contributed by atoms with Gasteiger partial charge in [0.25, 0.3) is 5.69 Å². The second-order valence-corrected chi connectivity index (χ2v) is 17.9. The summed E-state index contributed by atoms with van der Waals surface area (Å²) in [4.78, 5) is 18.2. The van der Waals surface area contributed by atoms with Crippen LogP contribution < -0.4 is 9.80 Å². The summed E-state index contributed by atoms with van der Waals surface area (Å²) in [6, 6.07) is 22.2. The third-order valence-electron chi connectivity index (χ3n) is 9.31. The molecular formula is C37H43F3N6O6S2. The highest BCUT2D eigenvalue weighted by molar-refractivity contribution is 7.89. The van der Waals surface area contributed by atoms with E-state index in [1.807, 2.05) is 24.0 Å². The van der Waals surface area contributed by atoms with E-state index < -0.39 is 36.7 Å². The van der Waals surface area contributed by atoms with E-state index in [2.05, 4.69) is 25.8 Å². The quantitative estimate of drug-likeness (QED) is 0.156. The lowest BCUT2D eigenvalue weighted by molar-refractivity contribution is -0.384. The van der Waals surface area contributed by atoms with E-state index in [-0.39, 0.29) is 48.0 Å². The van der Waals surface area contributed by atoms with E-state index in [0.29, 0.717) is 31.1 Å². The van der Waals surface area contributed by atoms with Gasteiger partial charge in [-0.05, 0) is 66.4 Å². The van der Waals surface area contributed by atoms with Crippen LogP contribution in [0.15, 0.2) is 101 Å². The predicted octanol–water partition coefficient (Wildman–Crippen LogP) is 6.32. The maximum Gasteiger partial charge on any atom is 0.419 e. The Labute approximate surface area is 314 Å². The number of pyridine rings is 1. The Morgan fingerprint density at radius 1 is 0.667 bits per heavy atom. The average Bonchev–Trinajstić information content (AvgIpc) is 3.15. The average molecular weight is 789 g/mol. The van der Waals surface area contributed by atoms with Crippen LogP contribution in [-0.2, 0) is 31.6 Å². The summed E-state index contributed by atoms with van der Waals surface area (Å²) in [5.74, 6) is -0.160. The summed E-state index contributed by atoms with van der Waals surface area (Å²) in [5, 5.41) is 10.8. The summed E-state index contributed by atoms with van der Waals surface area (Å²) in [5.41, 5.74) is 2.10. The molecule has 0 spiro atoms. The van der Waals surface area contributed by atoms with Crippen molar-refractivity contribution in [2.24, 2.45) is 0 Å². The molecule has 2 aliphatic heterocycles. The second kappa shape index (κ2) is 16.0. The Bertz CT molecular complexity index is 2130. The van der Waals surface area contributed by atoms with Gasteiger partial charge in [-0.3, -0.25) is 10.1 Å². The largest absolute Gasteiger partial charge is 0.419 e. The fourth-order valence-electron chi connectivity index (χ4n) is 6.12. The standard InChI is InChI=1S/C20H25N3O4S.C17H18F3N3O2S/c1-20(2,3)16-4-10-19(11-5-16)28(26,27)22-14-12-21(13-15-22)17-6-8-18(9-7-17)23(24)25;1-13-4-6-14(7-5-13)26(24,25)23-11-9-22(10-12-23)16-15(17(18,19)20)3-2-8-21-16/h4-11H,12-15H2,1-3H3;2-8H,9-12H2,1H3. The molecule has 2 aliphatic rings. The Kier molecular flexibility index (Phi) is 12.1. The van der Waals surface area contributed by atoms with Gasteiger partial charge in [0.05, 0.1) is 20.3 Å². The van der Waals surface area contributed by atoms with Gasteiger partial charge in [0.2, 0.25) is 20.0 Å². The van der Waals surface area contributed by atoms with E-state index in [1.165, 1.54) is 50.0 Å². The number of non-ortho nitro benzene ring substituents is 1. The van der Waals surface area contributed by atoms with Gasteiger partial charge in [0.1, 0.15) is 5.82 Å². The van der Waals surface area contributed by atoms with Gasteiger partial charge in [-0.25, -0.2) is 21.8 Å². The van der Waals surface area contributed by atoms with E-state index in [1.54, 1.807) is 36.4 Å². The van der Waals surface area contributed by atoms with Crippen LogP contribution in [0.3, 0.4) is 0 Å². The third-order valence-corrected chi connectivity index (χ3v) is 13.1. The third kappa shape index (κ3) is 9.37. The monoisotopic (exact) mass is 788 g/mol. The number of piperazine rings is 2. The molecule has 0 aliphatic carbocycles. The first-order valence-corrected chi connectivity index (χ1v) is 20.1. The zero-order chi connectivity index (χ0) is 39.5. The van der Waals surface area contributed by atoms with Crippen LogP contribution in [0.25, 0.3) is 0 Å². The van der Waals surface area contributed by atoms with Crippen LogP contribution in [0.5, 0.6) is 0 Å². The molecule has 6 rings (SSSR count). The maximum atomic E-state index is 13.2. The van der Waals surface area contributed by atoms with Crippen LogP contribution in [0.1, 0.15) is 37.5 Å². The lowest BCUT2D eigenvalue weighted by Gasteiger charge is -2.35. The highest BCUT2D eigenvalue weighted by Gasteiger charge is 2.37. The zero-order valence-corrected chi connectivity index (χ0v) is 32.0. The van der Waals surface area contributed by atoms with Gasteiger partial charge in [-0.15, -0.1) is 0 Å². The Balaban J connectivity index is 0.000000208. The van der Waals surface area contributed by atoms with Crippen LogP contribution in [-0.4, -0.2) is 87.7 Å². The van der Waals surface area contributed by atoms with Crippen LogP contribution >= 0.6 is 0 Å². The van der Waals surface area contributed by atoms with Crippen LogP contribution in [0.4, 0.5) is 30.4 Å². The number of hydrogen-bond donors (Lipinski definition) is 0. The van der Waals surface area contributed by atoms with Crippen molar-refractivity contribution in [3.8, 4) is 0 Å². The number of benzene rings is 3. The molecule has 0 bridgehead atoms. The molecule has 0 radical (unpaired) electrons. The summed E-state index contributed by atoms with van der Waals surface area (Å²) in [6.07, 6.45) is -3.20. The molecule has 2 saturated heterocycles. The molecular weight excluding hydrogens is 746 g/mol. The van der Waals surface area contributed by atoms with E-state index >= 15 is 0 Å². The molecule has 0 unspecified atom stereocenters. The SMILES string of the molecule is CC(C)(C)c1ccc(S(=O)(=O)N2CCN(c3ccc([N+](=O)[O-])cc3)CC2)cc1.Cc1ccc(S(=O)(=O)N2CCN(c3ncccc3C(F)(F)F)CC2)cc1. The number of nitrogens with zero attached hydrogens (tertiary/aromatic N) is 6. The molecule has 0 atom stereocenters.